The van der Waals surface area contributed by atoms with E-state index >= 15 is 0 Å². The quantitative estimate of drug-likeness (QED) is 0.658. The number of hydrogen-bond donors (Lipinski definition) is 0. The van der Waals surface area contributed by atoms with E-state index in [-0.39, 0.29) is 5.91 Å². The highest BCUT2D eigenvalue weighted by Gasteiger charge is 2.37. The average molecular weight is 215 g/mol. The summed E-state index contributed by atoms with van der Waals surface area (Å²) in [5, 5.41) is 0. The van der Waals surface area contributed by atoms with E-state index in [4.69, 9.17) is 9.47 Å². The first-order valence-corrected chi connectivity index (χ1v) is 4.92. The third kappa shape index (κ3) is 2.92. The second-order valence-electron chi connectivity index (χ2n) is 4.48. The van der Waals surface area contributed by atoms with Crippen molar-refractivity contribution < 1.29 is 19.1 Å². The summed E-state index contributed by atoms with van der Waals surface area (Å²) < 4.78 is 10.0. The predicted molar refractivity (Wildman–Crippen MR) is 53.4 cm³/mol. The molecule has 86 valence electrons. The van der Waals surface area contributed by atoms with Crippen molar-refractivity contribution in [2.45, 2.75) is 38.9 Å². The van der Waals surface area contributed by atoms with Gasteiger partial charge in [-0.2, -0.15) is 0 Å². The summed E-state index contributed by atoms with van der Waals surface area (Å²) >= 11 is 0. The van der Waals surface area contributed by atoms with E-state index in [1.807, 2.05) is 0 Å². The van der Waals surface area contributed by atoms with Crippen molar-refractivity contribution in [1.82, 2.24) is 4.90 Å². The van der Waals surface area contributed by atoms with Crippen molar-refractivity contribution in [2.24, 2.45) is 0 Å². The molecule has 1 fully saturated rings. The average Bonchev–Trinajstić information content (AvgIpc) is 2.43. The first-order chi connectivity index (χ1) is 6.85. The number of imide groups is 1. The minimum atomic E-state index is -0.591. The minimum absolute atomic E-state index is 0.313. The van der Waals surface area contributed by atoms with Crippen LogP contribution in [0.4, 0.5) is 4.79 Å². The number of carbonyl (C=O) groups is 2. The molecule has 0 radical (unpaired) electrons. The van der Waals surface area contributed by atoms with Crippen molar-refractivity contribution in [3.63, 3.8) is 0 Å². The Kier molecular flexibility index (Phi) is 3.34. The maximum Gasteiger partial charge on any atom is 0.417 e. The maximum atomic E-state index is 11.6. The Morgan fingerprint density at radius 1 is 1.47 bits per heavy atom. The molecule has 0 aromatic carbocycles. The number of nitrogens with zero attached hydrogens (tertiary/aromatic N) is 1. The van der Waals surface area contributed by atoms with Gasteiger partial charge in [0.25, 0.3) is 5.91 Å². The van der Waals surface area contributed by atoms with Gasteiger partial charge in [0.2, 0.25) is 0 Å². The highest BCUT2D eigenvalue weighted by Crippen LogP contribution is 2.17. The molecule has 5 nitrogen and oxygen atoms in total. The standard InChI is InChI=1S/C10H17NO4/c1-10(2,3)15-9(13)11-6-5-7(14-4)8(11)12/h7H,5-6H2,1-4H3. The van der Waals surface area contributed by atoms with Crippen LogP contribution in [0.1, 0.15) is 27.2 Å². The van der Waals surface area contributed by atoms with Crippen LogP contribution in [-0.2, 0) is 14.3 Å². The minimum Gasteiger partial charge on any atom is -0.443 e. The zero-order valence-corrected chi connectivity index (χ0v) is 9.57. The zero-order chi connectivity index (χ0) is 11.6. The molecule has 1 saturated heterocycles. The van der Waals surface area contributed by atoms with E-state index in [9.17, 15) is 9.59 Å². The topological polar surface area (TPSA) is 55.8 Å². The number of rotatable bonds is 1. The molecule has 1 rings (SSSR count). The lowest BCUT2D eigenvalue weighted by Crippen LogP contribution is -2.39. The van der Waals surface area contributed by atoms with Gasteiger partial charge < -0.3 is 9.47 Å². The predicted octanol–water partition coefficient (Wildman–Crippen LogP) is 1.17. The van der Waals surface area contributed by atoms with Crippen LogP contribution in [-0.4, -0.2) is 42.3 Å². The van der Waals surface area contributed by atoms with Crippen molar-refractivity contribution in [3.8, 4) is 0 Å². The Morgan fingerprint density at radius 2 is 2.07 bits per heavy atom. The van der Waals surface area contributed by atoms with Crippen LogP contribution in [0.15, 0.2) is 0 Å². The van der Waals surface area contributed by atoms with E-state index in [2.05, 4.69) is 0 Å². The summed E-state index contributed by atoms with van der Waals surface area (Å²) in [5.74, 6) is -0.313. The molecule has 15 heavy (non-hydrogen) atoms. The second kappa shape index (κ2) is 4.18. The highest BCUT2D eigenvalue weighted by atomic mass is 16.6. The van der Waals surface area contributed by atoms with Gasteiger partial charge >= 0.3 is 6.09 Å². The molecular weight excluding hydrogens is 198 g/mol. The fraction of sp³-hybridized carbons (Fsp3) is 0.800. The van der Waals surface area contributed by atoms with Gasteiger partial charge in [-0.3, -0.25) is 4.79 Å². The van der Waals surface area contributed by atoms with Gasteiger partial charge in [-0.15, -0.1) is 0 Å². The van der Waals surface area contributed by atoms with Gasteiger partial charge in [-0.25, -0.2) is 9.69 Å². The Labute approximate surface area is 89.3 Å². The summed E-state index contributed by atoms with van der Waals surface area (Å²) in [6.07, 6.45) is -0.557. The lowest BCUT2D eigenvalue weighted by atomic mass is 10.2. The highest BCUT2D eigenvalue weighted by molar-refractivity contribution is 5.96. The van der Waals surface area contributed by atoms with Crippen LogP contribution in [0.2, 0.25) is 0 Å². The van der Waals surface area contributed by atoms with Gasteiger partial charge in [-0.05, 0) is 20.8 Å². The monoisotopic (exact) mass is 215 g/mol. The normalized spacial score (nSPS) is 22.0. The van der Waals surface area contributed by atoms with Crippen molar-refractivity contribution in [3.05, 3.63) is 0 Å². The number of likely N-dealkylation sites (tertiary alicyclic amines) is 1. The van der Waals surface area contributed by atoms with Gasteiger partial charge in [0.1, 0.15) is 11.7 Å². The summed E-state index contributed by atoms with van der Waals surface area (Å²) in [5.41, 5.74) is -0.581. The van der Waals surface area contributed by atoms with E-state index in [1.54, 1.807) is 20.8 Å². The summed E-state index contributed by atoms with van der Waals surface area (Å²) in [4.78, 5) is 24.2. The summed E-state index contributed by atoms with van der Waals surface area (Å²) in [6, 6.07) is 0. The SMILES string of the molecule is COC1CCN(C(=O)OC(C)(C)C)C1=O. The van der Waals surface area contributed by atoms with Crippen LogP contribution in [0.5, 0.6) is 0 Å². The van der Waals surface area contributed by atoms with Crippen molar-refractivity contribution >= 4 is 12.0 Å². The molecule has 1 aliphatic heterocycles. The third-order valence-corrected chi connectivity index (χ3v) is 2.05. The molecule has 0 aromatic heterocycles. The fourth-order valence-electron chi connectivity index (χ4n) is 1.37. The molecule has 0 saturated carbocycles. The molecule has 0 spiro atoms. The Balaban J connectivity index is 2.59. The van der Waals surface area contributed by atoms with E-state index in [0.29, 0.717) is 13.0 Å². The number of amides is 2. The van der Waals surface area contributed by atoms with Crippen LogP contribution >= 0.6 is 0 Å². The summed E-state index contributed by atoms with van der Waals surface area (Å²) in [7, 11) is 1.46. The molecule has 1 heterocycles. The molecule has 0 bridgehead atoms. The number of hydrogen-bond acceptors (Lipinski definition) is 4. The Morgan fingerprint density at radius 3 is 2.47 bits per heavy atom. The molecule has 1 unspecified atom stereocenters. The molecule has 1 atom stereocenters. The molecular formula is C10H17NO4. The molecule has 0 aliphatic carbocycles. The molecule has 1 aliphatic rings. The first-order valence-electron chi connectivity index (χ1n) is 4.92. The number of methoxy groups -OCH3 is 1. The number of ether oxygens (including phenoxy) is 2. The van der Waals surface area contributed by atoms with Crippen LogP contribution in [0.25, 0.3) is 0 Å². The van der Waals surface area contributed by atoms with Gasteiger partial charge in [0, 0.05) is 20.1 Å². The molecule has 0 aromatic rings. The van der Waals surface area contributed by atoms with E-state index in [1.165, 1.54) is 7.11 Å². The van der Waals surface area contributed by atoms with Gasteiger partial charge in [0.15, 0.2) is 0 Å². The molecule has 5 heteroatoms. The second-order valence-corrected chi connectivity index (χ2v) is 4.48. The van der Waals surface area contributed by atoms with E-state index < -0.39 is 17.8 Å². The Bertz CT molecular complexity index is 269. The maximum absolute atomic E-state index is 11.6. The lowest BCUT2D eigenvalue weighted by molar-refractivity contribution is -0.135. The lowest BCUT2D eigenvalue weighted by Gasteiger charge is -2.23. The smallest absolute Gasteiger partial charge is 0.417 e. The largest absolute Gasteiger partial charge is 0.443 e. The van der Waals surface area contributed by atoms with Crippen LogP contribution < -0.4 is 0 Å². The van der Waals surface area contributed by atoms with Crippen LogP contribution in [0, 0.1) is 0 Å². The number of carbonyl (C=O) groups excluding carboxylic acids is 2. The molecule has 2 amide bonds. The third-order valence-electron chi connectivity index (χ3n) is 2.05. The van der Waals surface area contributed by atoms with Crippen LogP contribution in [0.3, 0.4) is 0 Å². The van der Waals surface area contributed by atoms with Gasteiger partial charge in [0.05, 0.1) is 0 Å². The zero-order valence-electron chi connectivity index (χ0n) is 9.57. The summed E-state index contributed by atoms with van der Waals surface area (Å²) in [6.45, 7) is 5.66. The van der Waals surface area contributed by atoms with E-state index in [0.717, 1.165) is 4.90 Å². The van der Waals surface area contributed by atoms with Crippen molar-refractivity contribution in [2.75, 3.05) is 13.7 Å². The van der Waals surface area contributed by atoms with Crippen molar-refractivity contribution in [1.29, 1.82) is 0 Å². The van der Waals surface area contributed by atoms with Gasteiger partial charge in [-0.1, -0.05) is 0 Å². The Hall–Kier alpha value is -1.10. The fourth-order valence-corrected chi connectivity index (χ4v) is 1.37. The molecule has 0 N–H and O–H groups in total. The first kappa shape index (κ1) is 12.0.